The Morgan fingerprint density at radius 3 is 1.25 bits per heavy atom. The van der Waals surface area contributed by atoms with E-state index in [1.54, 1.807) is 6.26 Å². The van der Waals surface area contributed by atoms with Crippen LogP contribution in [0.3, 0.4) is 0 Å². The highest BCUT2D eigenvalue weighted by Crippen LogP contribution is 1.98. The van der Waals surface area contributed by atoms with E-state index < -0.39 is 0 Å². The van der Waals surface area contributed by atoms with E-state index >= 15 is 0 Å². The Labute approximate surface area is 148 Å². The van der Waals surface area contributed by atoms with Gasteiger partial charge in [0, 0.05) is 6.42 Å². The zero-order valence-corrected chi connectivity index (χ0v) is 14.5. The van der Waals surface area contributed by atoms with E-state index in [9.17, 15) is 0 Å². The van der Waals surface area contributed by atoms with Crippen LogP contribution in [0.25, 0.3) is 0 Å². The molecule has 24 heavy (non-hydrogen) atoms. The van der Waals surface area contributed by atoms with Gasteiger partial charge in [-0.05, 0) is 36.1 Å². The Morgan fingerprint density at radius 2 is 1.04 bits per heavy atom. The summed E-state index contributed by atoms with van der Waals surface area (Å²) < 4.78 is 4.98. The van der Waals surface area contributed by atoms with Crippen molar-refractivity contribution in [2.45, 2.75) is 47.5 Å². The number of hydrogen-bond acceptors (Lipinski definition) is 1. The van der Waals surface area contributed by atoms with Gasteiger partial charge in [-0.25, -0.2) is 0 Å². The fourth-order valence-corrected chi connectivity index (χ4v) is 1.94. The Hall–Kier alpha value is -2.28. The lowest BCUT2D eigenvalue weighted by Crippen LogP contribution is -1.73. The van der Waals surface area contributed by atoms with Gasteiger partial charge in [-0.15, -0.1) is 0 Å². The molecular formula is C23H32O. The maximum atomic E-state index is 4.98. The number of aryl methyl sites for hydroxylation is 3. The van der Waals surface area contributed by atoms with Gasteiger partial charge >= 0.3 is 0 Å². The Morgan fingerprint density at radius 1 is 0.583 bits per heavy atom. The van der Waals surface area contributed by atoms with Crippen molar-refractivity contribution in [1.29, 1.82) is 0 Å². The first-order chi connectivity index (χ1) is 11.3. The summed E-state index contributed by atoms with van der Waals surface area (Å²) in [6.45, 7) is 6.39. The summed E-state index contributed by atoms with van der Waals surface area (Å²) in [5.74, 6) is 1.06. The van der Waals surface area contributed by atoms with Crippen LogP contribution in [-0.2, 0) is 19.3 Å². The van der Waals surface area contributed by atoms with Crippen molar-refractivity contribution >= 4 is 0 Å². The van der Waals surface area contributed by atoms with Crippen molar-refractivity contribution in [2.24, 2.45) is 0 Å². The standard InChI is InChI=1S/2C8H10.C6H8O.CH4/c2*1-2-8-6-4-3-5-7-8;1-2-6-4-3-5-7-6;/h2*3-7H,2H2,1H3;3-5H,2H2,1H3;1H4. The van der Waals surface area contributed by atoms with Gasteiger partial charge < -0.3 is 4.42 Å². The van der Waals surface area contributed by atoms with Crippen LogP contribution in [0.4, 0.5) is 0 Å². The third kappa shape index (κ3) is 9.68. The van der Waals surface area contributed by atoms with E-state index in [0.717, 1.165) is 25.0 Å². The summed E-state index contributed by atoms with van der Waals surface area (Å²) in [7, 11) is 0. The topological polar surface area (TPSA) is 13.1 Å². The molecule has 0 atom stereocenters. The lowest BCUT2D eigenvalue weighted by Gasteiger charge is -1.89. The number of rotatable bonds is 3. The van der Waals surface area contributed by atoms with Gasteiger partial charge in [-0.2, -0.15) is 0 Å². The summed E-state index contributed by atoms with van der Waals surface area (Å²) >= 11 is 0. The van der Waals surface area contributed by atoms with Crippen molar-refractivity contribution in [1.82, 2.24) is 0 Å². The van der Waals surface area contributed by atoms with Crippen LogP contribution in [0.1, 0.15) is 45.1 Å². The van der Waals surface area contributed by atoms with Crippen molar-refractivity contribution in [3.05, 3.63) is 95.9 Å². The van der Waals surface area contributed by atoms with Crippen molar-refractivity contribution in [3.8, 4) is 0 Å². The van der Waals surface area contributed by atoms with Crippen molar-refractivity contribution in [2.75, 3.05) is 0 Å². The first kappa shape index (κ1) is 21.7. The minimum absolute atomic E-state index is 0. The zero-order chi connectivity index (χ0) is 16.8. The molecule has 1 heteroatoms. The highest BCUT2D eigenvalue weighted by atomic mass is 16.3. The first-order valence-corrected chi connectivity index (χ1v) is 8.40. The van der Waals surface area contributed by atoms with Crippen molar-refractivity contribution in [3.63, 3.8) is 0 Å². The molecule has 0 aliphatic rings. The van der Waals surface area contributed by atoms with Crippen LogP contribution in [-0.4, -0.2) is 0 Å². The minimum atomic E-state index is 0. The molecular weight excluding hydrogens is 292 g/mol. The predicted octanol–water partition coefficient (Wildman–Crippen LogP) is 6.98. The predicted molar refractivity (Wildman–Crippen MR) is 106 cm³/mol. The summed E-state index contributed by atoms with van der Waals surface area (Å²) in [4.78, 5) is 0. The summed E-state index contributed by atoms with van der Waals surface area (Å²) in [6, 6.07) is 24.8. The highest BCUT2D eigenvalue weighted by Gasteiger charge is 1.84. The molecule has 0 bridgehead atoms. The molecule has 3 rings (SSSR count). The molecule has 3 aromatic rings. The van der Waals surface area contributed by atoms with E-state index in [1.165, 1.54) is 11.1 Å². The SMILES string of the molecule is C.CCc1ccccc1.CCc1ccccc1.CCc1ccco1. The molecule has 1 nitrogen and oxygen atoms in total. The lowest BCUT2D eigenvalue weighted by atomic mass is 10.2. The van der Waals surface area contributed by atoms with Gasteiger partial charge in [0.1, 0.15) is 5.76 Å². The Bertz CT molecular complexity index is 543. The number of furan rings is 1. The molecule has 0 aliphatic heterocycles. The lowest BCUT2D eigenvalue weighted by molar-refractivity contribution is 0.516. The molecule has 0 spiro atoms. The largest absolute Gasteiger partial charge is 0.469 e. The van der Waals surface area contributed by atoms with E-state index in [4.69, 9.17) is 4.42 Å². The van der Waals surface area contributed by atoms with Gasteiger partial charge in [0.25, 0.3) is 0 Å². The van der Waals surface area contributed by atoms with Crippen LogP contribution < -0.4 is 0 Å². The third-order valence-electron chi connectivity index (χ3n) is 3.43. The molecule has 2 aromatic carbocycles. The van der Waals surface area contributed by atoms with E-state index in [0.29, 0.717) is 0 Å². The molecule has 0 fully saturated rings. The van der Waals surface area contributed by atoms with E-state index in [2.05, 4.69) is 69.3 Å². The average molecular weight is 325 g/mol. The van der Waals surface area contributed by atoms with Gasteiger partial charge in [0.05, 0.1) is 6.26 Å². The smallest absolute Gasteiger partial charge is 0.103 e. The summed E-state index contributed by atoms with van der Waals surface area (Å²) in [5, 5.41) is 0. The second kappa shape index (κ2) is 14.3. The molecule has 1 aromatic heterocycles. The van der Waals surface area contributed by atoms with Crippen LogP contribution in [0.2, 0.25) is 0 Å². The van der Waals surface area contributed by atoms with Gasteiger partial charge in [-0.1, -0.05) is 88.9 Å². The molecule has 1 heterocycles. The van der Waals surface area contributed by atoms with Crippen LogP contribution in [0.15, 0.2) is 83.5 Å². The fraction of sp³-hybridized carbons (Fsp3) is 0.304. The quantitative estimate of drug-likeness (QED) is 0.506. The van der Waals surface area contributed by atoms with E-state index in [-0.39, 0.29) is 7.43 Å². The van der Waals surface area contributed by atoms with Gasteiger partial charge in [0.2, 0.25) is 0 Å². The minimum Gasteiger partial charge on any atom is -0.469 e. The fourth-order valence-electron chi connectivity index (χ4n) is 1.94. The maximum absolute atomic E-state index is 4.98. The summed E-state index contributed by atoms with van der Waals surface area (Å²) in [5.41, 5.74) is 2.82. The third-order valence-corrected chi connectivity index (χ3v) is 3.43. The zero-order valence-electron chi connectivity index (χ0n) is 14.5. The van der Waals surface area contributed by atoms with Crippen LogP contribution in [0, 0.1) is 0 Å². The molecule has 0 saturated heterocycles. The molecule has 130 valence electrons. The first-order valence-electron chi connectivity index (χ1n) is 8.40. The van der Waals surface area contributed by atoms with Gasteiger partial charge in [0.15, 0.2) is 0 Å². The van der Waals surface area contributed by atoms with Crippen LogP contribution in [0.5, 0.6) is 0 Å². The van der Waals surface area contributed by atoms with Gasteiger partial charge in [-0.3, -0.25) is 0 Å². The number of benzene rings is 2. The Kier molecular flexibility index (Phi) is 13.0. The molecule has 0 N–H and O–H groups in total. The number of hydrogen-bond donors (Lipinski definition) is 0. The highest BCUT2D eigenvalue weighted by molar-refractivity contribution is 5.14. The molecule has 0 radical (unpaired) electrons. The second-order valence-corrected chi connectivity index (χ2v) is 5.11. The van der Waals surface area contributed by atoms with Crippen molar-refractivity contribution < 1.29 is 4.42 Å². The normalized spacial score (nSPS) is 8.79. The average Bonchev–Trinajstić information content (AvgIpc) is 3.18. The Balaban J connectivity index is 0.000000325. The molecule has 0 unspecified atom stereocenters. The maximum Gasteiger partial charge on any atom is 0.103 e. The van der Waals surface area contributed by atoms with Crippen LogP contribution >= 0.6 is 0 Å². The molecule has 0 aliphatic carbocycles. The second-order valence-electron chi connectivity index (χ2n) is 5.11. The molecule has 0 saturated carbocycles. The summed E-state index contributed by atoms with van der Waals surface area (Å²) in [6.07, 6.45) is 4.97. The molecule has 0 amide bonds. The van der Waals surface area contributed by atoms with E-state index in [1.807, 2.05) is 24.3 Å². The monoisotopic (exact) mass is 324 g/mol.